The predicted molar refractivity (Wildman–Crippen MR) is 98.5 cm³/mol. The molecule has 1 amide bonds. The van der Waals surface area contributed by atoms with Gasteiger partial charge in [-0.25, -0.2) is 4.39 Å². The van der Waals surface area contributed by atoms with Crippen molar-refractivity contribution in [3.8, 4) is 0 Å². The minimum Gasteiger partial charge on any atom is -0.345 e. The quantitative estimate of drug-likeness (QED) is 0.710. The highest BCUT2D eigenvalue weighted by atomic mass is 19.1. The number of halogens is 1. The van der Waals surface area contributed by atoms with Gasteiger partial charge in [-0.3, -0.25) is 4.79 Å². The van der Waals surface area contributed by atoms with Crippen molar-refractivity contribution in [3.05, 3.63) is 83.2 Å². The molecule has 3 heteroatoms. The molecule has 1 aliphatic rings. The Hall–Kier alpha value is -2.42. The van der Waals surface area contributed by atoms with E-state index in [1.54, 1.807) is 18.2 Å². The summed E-state index contributed by atoms with van der Waals surface area (Å²) in [5.41, 5.74) is 3.32. The fourth-order valence-electron chi connectivity index (χ4n) is 3.05. The number of allylic oxidation sites excluding steroid dienone is 1. The van der Waals surface area contributed by atoms with E-state index in [0.717, 1.165) is 36.8 Å². The van der Waals surface area contributed by atoms with Crippen molar-refractivity contribution in [1.29, 1.82) is 0 Å². The molecule has 0 heterocycles. The first-order valence-corrected chi connectivity index (χ1v) is 8.89. The second-order valence-electron chi connectivity index (χ2n) is 6.85. The number of carbonyl (C=O) groups is 1. The van der Waals surface area contributed by atoms with Crippen LogP contribution in [0.4, 0.5) is 4.39 Å². The maximum Gasteiger partial charge on any atom is 0.244 e. The molecule has 0 aliphatic heterocycles. The maximum absolute atomic E-state index is 13.1. The van der Waals surface area contributed by atoms with Crippen molar-refractivity contribution in [2.75, 3.05) is 0 Å². The third kappa shape index (κ3) is 5.28. The second kappa shape index (κ2) is 8.11. The highest BCUT2D eigenvalue weighted by Crippen LogP contribution is 2.41. The lowest BCUT2D eigenvalue weighted by molar-refractivity contribution is -0.117. The Morgan fingerprint density at radius 3 is 2.48 bits per heavy atom. The third-order valence-electron chi connectivity index (χ3n) is 4.65. The lowest BCUT2D eigenvalue weighted by atomic mass is 10.0. The van der Waals surface area contributed by atoms with E-state index >= 15 is 0 Å². The molecule has 130 valence electrons. The molecule has 0 bridgehead atoms. The summed E-state index contributed by atoms with van der Waals surface area (Å²) in [6, 6.07) is 16.7. The van der Waals surface area contributed by atoms with E-state index < -0.39 is 0 Å². The zero-order chi connectivity index (χ0) is 17.6. The van der Waals surface area contributed by atoms with Crippen molar-refractivity contribution >= 4 is 5.91 Å². The standard InChI is InChI=1S/C22H24FNO/c1-16(7-8-17-5-3-2-4-6-17)15-21(25)24-22(18-9-10-18)19-11-13-20(23)14-12-19/h2-6,11-15,18,22H,7-10H2,1H3,(H,24,25). The van der Waals surface area contributed by atoms with Gasteiger partial charge >= 0.3 is 0 Å². The molecule has 0 radical (unpaired) electrons. The Labute approximate surface area is 148 Å². The van der Waals surface area contributed by atoms with E-state index in [0.29, 0.717) is 5.92 Å². The van der Waals surface area contributed by atoms with Crippen molar-refractivity contribution in [3.63, 3.8) is 0 Å². The van der Waals surface area contributed by atoms with Crippen molar-refractivity contribution in [2.45, 2.75) is 38.6 Å². The molecule has 1 unspecified atom stereocenters. The summed E-state index contributed by atoms with van der Waals surface area (Å²) in [5, 5.41) is 3.11. The molecule has 25 heavy (non-hydrogen) atoms. The van der Waals surface area contributed by atoms with Gasteiger partial charge in [0.15, 0.2) is 0 Å². The fourth-order valence-corrected chi connectivity index (χ4v) is 3.05. The van der Waals surface area contributed by atoms with Gasteiger partial charge in [-0.1, -0.05) is 48.0 Å². The Balaban J connectivity index is 1.58. The van der Waals surface area contributed by atoms with Crippen LogP contribution >= 0.6 is 0 Å². The van der Waals surface area contributed by atoms with Crippen LogP contribution in [0.2, 0.25) is 0 Å². The summed E-state index contributed by atoms with van der Waals surface area (Å²) in [7, 11) is 0. The van der Waals surface area contributed by atoms with Crippen LogP contribution in [0.3, 0.4) is 0 Å². The number of hydrogen-bond acceptors (Lipinski definition) is 1. The van der Waals surface area contributed by atoms with Crippen LogP contribution in [0.1, 0.15) is 43.4 Å². The summed E-state index contributed by atoms with van der Waals surface area (Å²) in [5.74, 6) is 0.153. The Morgan fingerprint density at radius 1 is 1.16 bits per heavy atom. The number of amides is 1. The first-order valence-electron chi connectivity index (χ1n) is 8.89. The smallest absolute Gasteiger partial charge is 0.244 e. The second-order valence-corrected chi connectivity index (χ2v) is 6.85. The van der Waals surface area contributed by atoms with Crippen LogP contribution in [0.5, 0.6) is 0 Å². The zero-order valence-electron chi connectivity index (χ0n) is 14.5. The summed E-state index contributed by atoms with van der Waals surface area (Å²) in [6.07, 6.45) is 5.71. The first-order chi connectivity index (χ1) is 12.1. The highest BCUT2D eigenvalue weighted by molar-refractivity contribution is 5.88. The summed E-state index contributed by atoms with van der Waals surface area (Å²) in [6.45, 7) is 1.99. The van der Waals surface area contributed by atoms with Crippen LogP contribution in [0.15, 0.2) is 66.2 Å². The molecular weight excluding hydrogens is 313 g/mol. The van der Waals surface area contributed by atoms with E-state index in [-0.39, 0.29) is 17.8 Å². The number of nitrogens with one attached hydrogen (secondary N) is 1. The van der Waals surface area contributed by atoms with Gasteiger partial charge in [-0.05, 0) is 61.8 Å². The molecule has 2 aromatic carbocycles. The Bertz CT molecular complexity index is 732. The molecule has 1 atom stereocenters. The Kier molecular flexibility index (Phi) is 5.64. The van der Waals surface area contributed by atoms with Gasteiger partial charge in [0.25, 0.3) is 0 Å². The van der Waals surface area contributed by atoms with Gasteiger partial charge in [0.2, 0.25) is 5.91 Å². The lowest BCUT2D eigenvalue weighted by Gasteiger charge is -2.18. The van der Waals surface area contributed by atoms with E-state index in [1.807, 2.05) is 25.1 Å². The largest absolute Gasteiger partial charge is 0.345 e. The molecule has 3 rings (SSSR count). The van der Waals surface area contributed by atoms with Crippen LogP contribution in [-0.4, -0.2) is 5.91 Å². The van der Waals surface area contributed by atoms with Crippen LogP contribution < -0.4 is 5.32 Å². The molecule has 2 nitrogen and oxygen atoms in total. The van der Waals surface area contributed by atoms with Gasteiger partial charge in [0, 0.05) is 6.08 Å². The predicted octanol–water partition coefficient (Wildman–Crippen LogP) is 4.97. The number of benzene rings is 2. The van der Waals surface area contributed by atoms with E-state index in [9.17, 15) is 9.18 Å². The fraction of sp³-hybridized carbons (Fsp3) is 0.318. The molecule has 0 saturated heterocycles. The minimum atomic E-state index is -0.249. The third-order valence-corrected chi connectivity index (χ3v) is 4.65. The average molecular weight is 337 g/mol. The van der Waals surface area contributed by atoms with Crippen LogP contribution in [0.25, 0.3) is 0 Å². The van der Waals surface area contributed by atoms with Crippen LogP contribution in [0, 0.1) is 11.7 Å². The molecule has 0 aromatic heterocycles. The number of aryl methyl sites for hydroxylation is 1. The van der Waals surface area contributed by atoms with Crippen molar-refractivity contribution in [2.24, 2.45) is 5.92 Å². The number of hydrogen-bond donors (Lipinski definition) is 1. The van der Waals surface area contributed by atoms with Gasteiger partial charge in [-0.2, -0.15) is 0 Å². The maximum atomic E-state index is 13.1. The number of rotatable bonds is 7. The summed E-state index contributed by atoms with van der Waals surface area (Å²) in [4.78, 5) is 12.4. The number of carbonyl (C=O) groups excluding carboxylic acids is 1. The molecule has 1 fully saturated rings. The summed E-state index contributed by atoms with van der Waals surface area (Å²) < 4.78 is 13.1. The molecule has 1 aliphatic carbocycles. The van der Waals surface area contributed by atoms with Crippen molar-refractivity contribution < 1.29 is 9.18 Å². The highest BCUT2D eigenvalue weighted by Gasteiger charge is 2.33. The molecule has 0 spiro atoms. The minimum absolute atomic E-state index is 0.0220. The van der Waals surface area contributed by atoms with Crippen LogP contribution in [-0.2, 0) is 11.2 Å². The molecule has 2 aromatic rings. The van der Waals surface area contributed by atoms with Gasteiger partial charge in [0.1, 0.15) is 5.82 Å². The molecular formula is C22H24FNO. The van der Waals surface area contributed by atoms with Crippen molar-refractivity contribution in [1.82, 2.24) is 5.32 Å². The van der Waals surface area contributed by atoms with Gasteiger partial charge in [-0.15, -0.1) is 0 Å². The Morgan fingerprint density at radius 2 is 1.84 bits per heavy atom. The van der Waals surface area contributed by atoms with E-state index in [2.05, 4.69) is 17.4 Å². The zero-order valence-corrected chi connectivity index (χ0v) is 14.5. The first kappa shape index (κ1) is 17.4. The van der Waals surface area contributed by atoms with E-state index in [4.69, 9.17) is 0 Å². The van der Waals surface area contributed by atoms with E-state index in [1.165, 1.54) is 17.7 Å². The topological polar surface area (TPSA) is 29.1 Å². The summed E-state index contributed by atoms with van der Waals surface area (Å²) >= 11 is 0. The van der Waals surface area contributed by atoms with Gasteiger partial charge in [0.05, 0.1) is 6.04 Å². The lowest BCUT2D eigenvalue weighted by Crippen LogP contribution is -2.28. The monoisotopic (exact) mass is 337 g/mol. The SMILES string of the molecule is CC(=CC(=O)NC(c1ccc(F)cc1)C1CC1)CCc1ccccc1. The molecule has 1 N–H and O–H groups in total. The average Bonchev–Trinajstić information content (AvgIpc) is 3.45. The normalized spacial score (nSPS) is 15.7. The van der Waals surface area contributed by atoms with Gasteiger partial charge < -0.3 is 5.32 Å². The molecule has 1 saturated carbocycles.